The quantitative estimate of drug-likeness (QED) is 0.245. The van der Waals surface area contributed by atoms with Crippen molar-refractivity contribution in [3.05, 3.63) is 90.0 Å². The van der Waals surface area contributed by atoms with Crippen LogP contribution in [0.4, 0.5) is 0 Å². The van der Waals surface area contributed by atoms with Crippen molar-refractivity contribution >= 4 is 5.43 Å². The van der Waals surface area contributed by atoms with Gasteiger partial charge in [0.1, 0.15) is 0 Å². The molecule has 3 aromatic carbocycles. The topological polar surface area (TPSA) is 0 Å². The Balaban J connectivity index is 0.000000409. The van der Waals surface area contributed by atoms with E-state index >= 15 is 0 Å². The molecular weight excluding hydrogens is 430 g/mol. The van der Waals surface area contributed by atoms with Crippen LogP contribution in [0.1, 0.15) is 11.1 Å². The molecule has 1 aliphatic carbocycles. The largest absolute Gasteiger partial charge is 1.00 e. The van der Waals surface area contributed by atoms with Gasteiger partial charge in [-0.2, -0.15) is 48.0 Å². The van der Waals surface area contributed by atoms with Gasteiger partial charge in [0.25, 0.3) is 0 Å². The van der Waals surface area contributed by atoms with Gasteiger partial charge in [0.15, 0.2) is 0 Å². The molecule has 1 aliphatic rings. The molecule has 0 aliphatic heterocycles. The van der Waals surface area contributed by atoms with E-state index in [-0.39, 0.29) is 30.2 Å². The summed E-state index contributed by atoms with van der Waals surface area (Å²) >= 11 is 1.74. The molecular formula is C20H20Cl2SiZr-2. The van der Waals surface area contributed by atoms with Gasteiger partial charge in [-0.15, -0.1) is 5.56 Å². The second-order valence-electron chi connectivity index (χ2n) is 5.36. The zero-order chi connectivity index (χ0) is 15.8. The van der Waals surface area contributed by atoms with Gasteiger partial charge in [-0.1, -0.05) is 35.4 Å². The molecule has 124 valence electrons. The summed E-state index contributed by atoms with van der Waals surface area (Å²) in [4.78, 5) is 0. The maximum atomic E-state index is 3.30. The normalized spacial score (nSPS) is 9.50. The summed E-state index contributed by atoms with van der Waals surface area (Å²) in [6.45, 7) is 4.62. The third-order valence-electron chi connectivity index (χ3n) is 3.17. The summed E-state index contributed by atoms with van der Waals surface area (Å²) in [6, 6.07) is 28.1. The van der Waals surface area contributed by atoms with E-state index in [1.165, 1.54) is 22.3 Å². The number of rotatable bonds is 0. The van der Waals surface area contributed by atoms with Crippen LogP contribution in [0.2, 0.25) is 13.1 Å². The second-order valence-corrected chi connectivity index (χ2v) is 14.7. The Morgan fingerprint density at radius 3 is 2.08 bits per heavy atom. The van der Waals surface area contributed by atoms with Crippen LogP contribution < -0.4 is 24.8 Å². The first-order valence-electron chi connectivity index (χ1n) is 7.45. The first-order chi connectivity index (χ1) is 10.7. The van der Waals surface area contributed by atoms with Crippen LogP contribution in [0, 0.1) is 6.07 Å². The fourth-order valence-electron chi connectivity index (χ4n) is 2.32. The van der Waals surface area contributed by atoms with Gasteiger partial charge in [0.05, 0.1) is 0 Å². The number of hydrogen-bond donors (Lipinski definition) is 0. The Kier molecular flexibility index (Phi) is 12.5. The van der Waals surface area contributed by atoms with Crippen LogP contribution in [0.15, 0.2) is 72.8 Å². The molecule has 4 rings (SSSR count). The number of hydrogen-bond acceptors (Lipinski definition) is 0. The Hall–Kier alpha value is -0.530. The van der Waals surface area contributed by atoms with Crippen LogP contribution >= 0.6 is 0 Å². The van der Waals surface area contributed by atoms with E-state index < -0.39 is 0 Å². The van der Waals surface area contributed by atoms with Crippen molar-refractivity contribution < 1.29 is 48.1 Å². The molecule has 0 saturated carbocycles. The minimum Gasteiger partial charge on any atom is -1.00 e. The fourth-order valence-corrected chi connectivity index (χ4v) is 2.32. The summed E-state index contributed by atoms with van der Waals surface area (Å²) in [5, 5.41) is 0. The van der Waals surface area contributed by atoms with Gasteiger partial charge in [0, 0.05) is 0 Å². The van der Waals surface area contributed by atoms with Crippen LogP contribution in [-0.4, -0.2) is 5.43 Å². The van der Waals surface area contributed by atoms with Crippen LogP contribution in [0.3, 0.4) is 0 Å². The molecule has 0 heterocycles. The maximum Gasteiger partial charge on any atom is -0.0253 e. The Bertz CT molecular complexity index is 659. The molecule has 0 amide bonds. The smallest absolute Gasteiger partial charge is 0.0253 e. The monoisotopic (exact) mass is 448 g/mol. The summed E-state index contributed by atoms with van der Waals surface area (Å²) in [7, 11) is 0. The molecule has 4 heteroatoms. The van der Waals surface area contributed by atoms with E-state index in [1.807, 2.05) is 36.4 Å². The van der Waals surface area contributed by atoms with Gasteiger partial charge in [-0.05, 0) is 6.42 Å². The van der Waals surface area contributed by atoms with Crippen molar-refractivity contribution in [2.75, 3.05) is 0 Å². The summed E-state index contributed by atoms with van der Waals surface area (Å²) < 4.78 is 0. The standard InChI is InChI=1S/C13H9.C5H5.C2H6Si.2ClH.Zr/c1-3-7-12-10(5-1)9-11-6-2-4-8-13(11)12;1-2-4-5-3-1;1-3-2;;;/h1-5,7-8H,9H2;1-5H;1-2H3;2*1H;/q2*-1;;;;+2/p-2. The minimum atomic E-state index is 0. The zero-order valence-electron chi connectivity index (χ0n) is 13.9. The van der Waals surface area contributed by atoms with Crippen molar-refractivity contribution in [3.8, 4) is 11.1 Å². The molecule has 0 bridgehead atoms. The van der Waals surface area contributed by atoms with Gasteiger partial charge in [0.2, 0.25) is 0 Å². The van der Waals surface area contributed by atoms with E-state index in [1.54, 1.807) is 23.3 Å². The van der Waals surface area contributed by atoms with Gasteiger partial charge in [-0.3, -0.25) is 0 Å². The zero-order valence-corrected chi connectivity index (χ0v) is 18.9. The SMILES string of the molecule is C[Si](C)=[Zr+2].[Cl-].[Cl-].[c-]1cccc2c1Cc1ccccc1-2.c1cc[cH-]c1. The maximum absolute atomic E-state index is 3.30. The van der Waals surface area contributed by atoms with Gasteiger partial charge < -0.3 is 24.8 Å². The predicted octanol–water partition coefficient (Wildman–Crippen LogP) is -0.744. The third kappa shape index (κ3) is 7.57. The summed E-state index contributed by atoms with van der Waals surface area (Å²) in [5.41, 5.74) is 5.72. The first kappa shape index (κ1) is 23.5. The molecule has 0 radical (unpaired) electrons. The molecule has 0 nitrogen and oxygen atoms in total. The molecule has 0 N–H and O–H groups in total. The average molecular weight is 451 g/mol. The van der Waals surface area contributed by atoms with Gasteiger partial charge >= 0.3 is 41.9 Å². The van der Waals surface area contributed by atoms with Crippen molar-refractivity contribution in [3.63, 3.8) is 0 Å². The Morgan fingerprint density at radius 2 is 1.50 bits per heavy atom. The molecule has 0 fully saturated rings. The molecule has 0 unspecified atom stereocenters. The van der Waals surface area contributed by atoms with Crippen molar-refractivity contribution in [2.45, 2.75) is 19.5 Å². The van der Waals surface area contributed by atoms with E-state index in [0.29, 0.717) is 0 Å². The van der Waals surface area contributed by atoms with E-state index in [9.17, 15) is 0 Å². The minimum absolute atomic E-state index is 0. The van der Waals surface area contributed by atoms with Crippen LogP contribution in [-0.2, 0) is 29.8 Å². The Morgan fingerprint density at radius 1 is 0.917 bits per heavy atom. The number of halogens is 2. The van der Waals surface area contributed by atoms with E-state index in [4.69, 9.17) is 0 Å². The summed E-state index contributed by atoms with van der Waals surface area (Å²) in [5.74, 6) is 0. The van der Waals surface area contributed by atoms with Crippen LogP contribution in [0.25, 0.3) is 11.1 Å². The van der Waals surface area contributed by atoms with E-state index in [2.05, 4.69) is 55.6 Å². The second kappa shape index (κ2) is 12.8. The van der Waals surface area contributed by atoms with Crippen molar-refractivity contribution in [2.24, 2.45) is 0 Å². The molecule has 0 aromatic heterocycles. The van der Waals surface area contributed by atoms with Crippen molar-refractivity contribution in [1.82, 2.24) is 0 Å². The molecule has 0 saturated heterocycles. The fraction of sp³-hybridized carbons (Fsp3) is 0.150. The summed E-state index contributed by atoms with van der Waals surface area (Å²) in [6.07, 6.45) is 1.05. The Labute approximate surface area is 173 Å². The number of benzene rings is 2. The molecule has 0 atom stereocenters. The molecule has 0 spiro atoms. The number of fused-ring (bicyclic) bond motifs is 3. The molecule has 3 aromatic rings. The average Bonchev–Trinajstić information content (AvgIpc) is 3.18. The predicted molar refractivity (Wildman–Crippen MR) is 93.0 cm³/mol. The van der Waals surface area contributed by atoms with Crippen molar-refractivity contribution in [1.29, 1.82) is 0 Å². The first-order valence-corrected chi connectivity index (χ1v) is 13.6. The van der Waals surface area contributed by atoms with E-state index in [0.717, 1.165) is 6.42 Å². The van der Waals surface area contributed by atoms with Crippen LogP contribution in [0.5, 0.6) is 0 Å². The molecule has 24 heavy (non-hydrogen) atoms. The third-order valence-corrected chi connectivity index (χ3v) is 3.17. The van der Waals surface area contributed by atoms with Gasteiger partial charge in [-0.25, -0.2) is 12.1 Å².